The van der Waals surface area contributed by atoms with Gasteiger partial charge in [-0.3, -0.25) is 9.10 Å². The second-order valence-corrected chi connectivity index (χ2v) is 10.1. The van der Waals surface area contributed by atoms with Crippen LogP contribution in [0.2, 0.25) is 5.02 Å². The largest absolute Gasteiger partial charge is 0.494 e. The predicted octanol–water partition coefficient (Wildman–Crippen LogP) is 5.40. The van der Waals surface area contributed by atoms with E-state index in [1.807, 2.05) is 49.4 Å². The van der Waals surface area contributed by atoms with E-state index in [9.17, 15) is 13.2 Å². The minimum atomic E-state index is -4.04. The molecule has 4 rings (SSSR count). The van der Waals surface area contributed by atoms with E-state index in [0.29, 0.717) is 23.1 Å². The Labute approximate surface area is 210 Å². The number of carbonyl (C=O) groups is 1. The first-order chi connectivity index (χ1) is 16.9. The number of nitrogens with zero attached hydrogens (tertiary/aromatic N) is 1. The molecule has 0 unspecified atom stereocenters. The molecule has 1 N–H and O–H groups in total. The summed E-state index contributed by atoms with van der Waals surface area (Å²) >= 11 is 5.94. The molecule has 0 aliphatic carbocycles. The van der Waals surface area contributed by atoms with Crippen LogP contribution >= 0.6 is 11.6 Å². The molecule has 35 heavy (non-hydrogen) atoms. The molecule has 180 valence electrons. The van der Waals surface area contributed by atoms with E-state index in [0.717, 1.165) is 20.6 Å². The van der Waals surface area contributed by atoms with Gasteiger partial charge in [-0.1, -0.05) is 54.1 Å². The maximum atomic E-state index is 13.5. The molecule has 8 heteroatoms. The van der Waals surface area contributed by atoms with Crippen molar-refractivity contribution in [3.63, 3.8) is 0 Å². The first-order valence-electron chi connectivity index (χ1n) is 11.1. The summed E-state index contributed by atoms with van der Waals surface area (Å²) in [5.74, 6) is 0.185. The number of amides is 1. The Hall–Kier alpha value is -3.55. The highest BCUT2D eigenvalue weighted by atomic mass is 35.5. The third-order valence-electron chi connectivity index (χ3n) is 5.48. The van der Waals surface area contributed by atoms with Crippen molar-refractivity contribution in [2.75, 3.05) is 17.5 Å². The number of ether oxygens (including phenoxy) is 1. The molecule has 0 aliphatic heterocycles. The molecular weight excluding hydrogens is 484 g/mol. The fourth-order valence-corrected chi connectivity index (χ4v) is 5.30. The Morgan fingerprint density at radius 1 is 0.914 bits per heavy atom. The Bertz CT molecular complexity index is 1420. The lowest BCUT2D eigenvalue weighted by Crippen LogP contribution is -2.40. The van der Waals surface area contributed by atoms with Crippen molar-refractivity contribution in [2.24, 2.45) is 0 Å². The lowest BCUT2D eigenvalue weighted by Gasteiger charge is -2.24. The summed E-state index contributed by atoms with van der Waals surface area (Å²) in [6.45, 7) is 2.25. The van der Waals surface area contributed by atoms with Gasteiger partial charge in [-0.25, -0.2) is 8.42 Å². The molecule has 6 nitrogen and oxygen atoms in total. The Morgan fingerprint density at radius 3 is 2.31 bits per heavy atom. The van der Waals surface area contributed by atoms with Gasteiger partial charge in [0, 0.05) is 11.6 Å². The summed E-state index contributed by atoms with van der Waals surface area (Å²) in [7, 11) is -4.04. The molecule has 0 saturated heterocycles. The molecule has 4 aromatic rings. The van der Waals surface area contributed by atoms with Crippen LogP contribution in [0.25, 0.3) is 10.8 Å². The second-order valence-electron chi connectivity index (χ2n) is 7.81. The molecular formula is C27H25ClN2O4S. The summed E-state index contributed by atoms with van der Waals surface area (Å²) < 4.78 is 33.6. The van der Waals surface area contributed by atoms with E-state index in [1.165, 1.54) is 24.3 Å². The summed E-state index contributed by atoms with van der Waals surface area (Å²) in [5.41, 5.74) is 1.30. The topological polar surface area (TPSA) is 75.7 Å². The van der Waals surface area contributed by atoms with E-state index < -0.39 is 15.9 Å². The predicted molar refractivity (Wildman–Crippen MR) is 139 cm³/mol. The highest BCUT2D eigenvalue weighted by Gasteiger charge is 2.27. The molecule has 0 fully saturated rings. The van der Waals surface area contributed by atoms with Gasteiger partial charge in [0.1, 0.15) is 12.3 Å². The van der Waals surface area contributed by atoms with Crippen LogP contribution in [-0.2, 0) is 21.4 Å². The fraction of sp³-hybridized carbons (Fsp3) is 0.148. The average Bonchev–Trinajstić information content (AvgIpc) is 2.87. The Morgan fingerprint density at radius 2 is 1.60 bits per heavy atom. The van der Waals surface area contributed by atoms with Crippen LogP contribution in [-0.4, -0.2) is 27.5 Å². The van der Waals surface area contributed by atoms with Gasteiger partial charge < -0.3 is 10.1 Å². The first-order valence-corrected chi connectivity index (χ1v) is 12.9. The van der Waals surface area contributed by atoms with Crippen molar-refractivity contribution in [1.29, 1.82) is 0 Å². The van der Waals surface area contributed by atoms with Crippen LogP contribution in [0.15, 0.2) is 95.9 Å². The molecule has 0 heterocycles. The number of carbonyl (C=O) groups excluding carboxylic acids is 1. The SMILES string of the molecule is CCOc1ccc(N(CC(=O)NCc2cccc3ccccc23)S(=O)(=O)c2ccc(Cl)cc2)cc1. The van der Waals surface area contributed by atoms with Gasteiger partial charge >= 0.3 is 0 Å². The first kappa shape index (κ1) is 24.6. The second kappa shape index (κ2) is 10.8. The number of hydrogen-bond donors (Lipinski definition) is 1. The molecule has 0 atom stereocenters. The van der Waals surface area contributed by atoms with E-state index >= 15 is 0 Å². The summed E-state index contributed by atoms with van der Waals surface area (Å²) in [4.78, 5) is 13.0. The third-order valence-corrected chi connectivity index (χ3v) is 7.52. The number of fused-ring (bicyclic) bond motifs is 1. The fourth-order valence-electron chi connectivity index (χ4n) is 3.75. The molecule has 0 aromatic heterocycles. The van der Waals surface area contributed by atoms with Crippen molar-refractivity contribution in [3.8, 4) is 5.75 Å². The van der Waals surface area contributed by atoms with Crippen molar-refractivity contribution in [2.45, 2.75) is 18.4 Å². The zero-order chi connectivity index (χ0) is 24.8. The van der Waals surface area contributed by atoms with Gasteiger partial charge in [-0.15, -0.1) is 0 Å². The van der Waals surface area contributed by atoms with Crippen molar-refractivity contribution in [1.82, 2.24) is 5.32 Å². The minimum absolute atomic E-state index is 0.0395. The number of anilines is 1. The van der Waals surface area contributed by atoms with Gasteiger partial charge in [0.15, 0.2) is 0 Å². The van der Waals surface area contributed by atoms with Crippen LogP contribution in [0.4, 0.5) is 5.69 Å². The van der Waals surface area contributed by atoms with E-state index in [1.54, 1.807) is 24.3 Å². The third kappa shape index (κ3) is 5.75. The highest BCUT2D eigenvalue weighted by Crippen LogP contribution is 2.27. The molecule has 0 saturated carbocycles. The molecule has 0 aliphatic rings. The molecule has 4 aromatic carbocycles. The number of nitrogens with one attached hydrogen (secondary N) is 1. The Kier molecular flexibility index (Phi) is 7.58. The van der Waals surface area contributed by atoms with Gasteiger partial charge in [-0.05, 0) is 71.8 Å². The van der Waals surface area contributed by atoms with Gasteiger partial charge in [0.2, 0.25) is 5.91 Å². The van der Waals surface area contributed by atoms with E-state index in [4.69, 9.17) is 16.3 Å². The number of hydrogen-bond acceptors (Lipinski definition) is 4. The summed E-state index contributed by atoms with van der Waals surface area (Å²) in [5, 5.41) is 5.39. The van der Waals surface area contributed by atoms with Crippen LogP contribution in [0.3, 0.4) is 0 Å². The smallest absolute Gasteiger partial charge is 0.264 e. The van der Waals surface area contributed by atoms with Crippen LogP contribution in [0.5, 0.6) is 5.75 Å². The number of rotatable bonds is 9. The maximum absolute atomic E-state index is 13.5. The molecule has 0 radical (unpaired) electrons. The molecule has 1 amide bonds. The molecule has 0 spiro atoms. The van der Waals surface area contributed by atoms with Crippen LogP contribution in [0, 0.1) is 0 Å². The van der Waals surface area contributed by atoms with Gasteiger partial charge in [0.05, 0.1) is 17.2 Å². The monoisotopic (exact) mass is 508 g/mol. The lowest BCUT2D eigenvalue weighted by molar-refractivity contribution is -0.119. The zero-order valence-electron chi connectivity index (χ0n) is 19.1. The average molecular weight is 509 g/mol. The quantitative estimate of drug-likeness (QED) is 0.328. The number of halogens is 1. The van der Waals surface area contributed by atoms with Crippen molar-refractivity contribution >= 4 is 44.0 Å². The Balaban J connectivity index is 1.59. The minimum Gasteiger partial charge on any atom is -0.494 e. The maximum Gasteiger partial charge on any atom is 0.264 e. The lowest BCUT2D eigenvalue weighted by atomic mass is 10.0. The zero-order valence-corrected chi connectivity index (χ0v) is 20.7. The number of benzene rings is 4. The van der Waals surface area contributed by atoms with Crippen LogP contribution < -0.4 is 14.4 Å². The summed E-state index contributed by atoms with van der Waals surface area (Å²) in [6, 6.07) is 26.2. The van der Waals surface area contributed by atoms with Crippen LogP contribution in [0.1, 0.15) is 12.5 Å². The normalized spacial score (nSPS) is 11.3. The standard InChI is InChI=1S/C27H25ClN2O4S/c1-2-34-24-14-12-23(13-15-24)30(35(32,33)25-16-10-22(28)11-17-25)19-27(31)29-18-21-8-5-7-20-6-3-4-9-26(20)21/h3-17H,2,18-19H2,1H3,(H,29,31). The molecule has 0 bridgehead atoms. The van der Waals surface area contributed by atoms with E-state index in [2.05, 4.69) is 5.32 Å². The highest BCUT2D eigenvalue weighted by molar-refractivity contribution is 7.92. The number of sulfonamides is 1. The van der Waals surface area contributed by atoms with E-state index in [-0.39, 0.29) is 18.0 Å². The summed E-state index contributed by atoms with van der Waals surface area (Å²) in [6.07, 6.45) is 0. The van der Waals surface area contributed by atoms with Gasteiger partial charge in [-0.2, -0.15) is 0 Å². The van der Waals surface area contributed by atoms with Gasteiger partial charge in [0.25, 0.3) is 10.0 Å². The van der Waals surface area contributed by atoms with Crippen molar-refractivity contribution < 1.29 is 17.9 Å². The van der Waals surface area contributed by atoms with Crippen molar-refractivity contribution in [3.05, 3.63) is 102 Å².